The predicted molar refractivity (Wildman–Crippen MR) is 103 cm³/mol. The lowest BCUT2D eigenvalue weighted by Gasteiger charge is -2.17. The van der Waals surface area contributed by atoms with E-state index >= 15 is 0 Å². The predicted octanol–water partition coefficient (Wildman–Crippen LogP) is 3.87. The number of carbonyl (C=O) groups excluding carboxylic acids is 2. The quantitative estimate of drug-likeness (QED) is 0.495. The summed E-state index contributed by atoms with van der Waals surface area (Å²) >= 11 is 0. The van der Waals surface area contributed by atoms with Crippen LogP contribution in [-0.4, -0.2) is 37.2 Å². The zero-order chi connectivity index (χ0) is 19.6. The van der Waals surface area contributed by atoms with Crippen molar-refractivity contribution in [2.75, 3.05) is 13.2 Å². The van der Waals surface area contributed by atoms with Gasteiger partial charge in [0.25, 0.3) is 5.91 Å². The minimum absolute atomic E-state index is 0.197. The van der Waals surface area contributed by atoms with Crippen LogP contribution in [0.15, 0.2) is 18.2 Å². The summed E-state index contributed by atoms with van der Waals surface area (Å²) in [7, 11) is 0. The average molecular weight is 377 g/mol. The Morgan fingerprint density at radius 1 is 1.15 bits per heavy atom. The fourth-order valence-electron chi connectivity index (χ4n) is 3.02. The Morgan fingerprint density at radius 3 is 2.56 bits per heavy atom. The molecular formula is C21H31NO5. The molecule has 1 aliphatic rings. The second-order valence-electron chi connectivity index (χ2n) is 6.83. The first-order chi connectivity index (χ1) is 13.0. The number of benzene rings is 1. The number of unbranched alkanes of at least 4 members (excludes halogenated alkanes) is 1. The summed E-state index contributed by atoms with van der Waals surface area (Å²) in [6.45, 7) is 6.61. The van der Waals surface area contributed by atoms with E-state index in [0.29, 0.717) is 30.3 Å². The molecular weight excluding hydrogens is 346 g/mol. The van der Waals surface area contributed by atoms with Gasteiger partial charge in [-0.3, -0.25) is 4.79 Å². The molecule has 2 rings (SSSR count). The van der Waals surface area contributed by atoms with Crippen molar-refractivity contribution in [1.82, 2.24) is 5.32 Å². The molecule has 1 aromatic carbocycles. The summed E-state index contributed by atoms with van der Waals surface area (Å²) in [4.78, 5) is 24.6. The third kappa shape index (κ3) is 6.45. The molecule has 0 spiro atoms. The first-order valence-electron chi connectivity index (χ1n) is 9.96. The van der Waals surface area contributed by atoms with Crippen molar-refractivity contribution in [3.8, 4) is 11.5 Å². The minimum atomic E-state index is -0.839. The van der Waals surface area contributed by atoms with E-state index in [4.69, 9.17) is 14.2 Å². The van der Waals surface area contributed by atoms with E-state index in [1.807, 2.05) is 6.92 Å². The highest BCUT2D eigenvalue weighted by Crippen LogP contribution is 2.29. The van der Waals surface area contributed by atoms with Crippen molar-refractivity contribution in [2.24, 2.45) is 0 Å². The summed E-state index contributed by atoms with van der Waals surface area (Å²) in [6.07, 6.45) is 5.39. The van der Waals surface area contributed by atoms with Crippen LogP contribution in [0.5, 0.6) is 11.5 Å². The largest absolute Gasteiger partial charge is 0.490 e. The van der Waals surface area contributed by atoms with Crippen LogP contribution in [-0.2, 0) is 9.53 Å². The van der Waals surface area contributed by atoms with Crippen LogP contribution in [0.2, 0.25) is 0 Å². The maximum Gasteiger partial charge on any atom is 0.339 e. The molecule has 1 N–H and O–H groups in total. The Kier molecular flexibility index (Phi) is 8.43. The third-order valence-electron chi connectivity index (χ3n) is 4.59. The molecule has 6 heteroatoms. The molecule has 0 aromatic heterocycles. The van der Waals surface area contributed by atoms with E-state index in [-0.39, 0.29) is 11.9 Å². The number of carbonyl (C=O) groups is 2. The molecule has 0 aliphatic heterocycles. The molecule has 1 saturated carbocycles. The second kappa shape index (κ2) is 10.8. The highest BCUT2D eigenvalue weighted by atomic mass is 16.5. The molecule has 0 bridgehead atoms. The van der Waals surface area contributed by atoms with E-state index in [1.54, 1.807) is 25.1 Å². The van der Waals surface area contributed by atoms with Crippen LogP contribution in [0, 0.1) is 0 Å². The fourth-order valence-corrected chi connectivity index (χ4v) is 3.02. The summed E-state index contributed by atoms with van der Waals surface area (Å²) in [5.41, 5.74) is 0.335. The van der Waals surface area contributed by atoms with Crippen LogP contribution < -0.4 is 14.8 Å². The zero-order valence-electron chi connectivity index (χ0n) is 16.6. The van der Waals surface area contributed by atoms with E-state index in [0.717, 1.165) is 38.5 Å². The molecule has 1 aromatic rings. The number of hydrogen-bond acceptors (Lipinski definition) is 5. The molecule has 27 heavy (non-hydrogen) atoms. The van der Waals surface area contributed by atoms with Gasteiger partial charge in [-0.05, 0) is 51.3 Å². The van der Waals surface area contributed by atoms with Gasteiger partial charge < -0.3 is 19.5 Å². The maximum atomic E-state index is 12.4. The molecule has 1 unspecified atom stereocenters. The smallest absolute Gasteiger partial charge is 0.339 e. The number of rotatable bonds is 10. The van der Waals surface area contributed by atoms with Crippen molar-refractivity contribution < 1.29 is 23.8 Å². The first kappa shape index (κ1) is 21.1. The number of esters is 1. The summed E-state index contributed by atoms with van der Waals surface area (Å²) in [6, 6.07) is 5.14. The molecule has 1 atom stereocenters. The van der Waals surface area contributed by atoms with E-state index in [2.05, 4.69) is 12.2 Å². The van der Waals surface area contributed by atoms with Gasteiger partial charge >= 0.3 is 5.97 Å². The standard InChI is InChI=1S/C21H31NO5/c1-4-6-13-26-18-12-11-16(14-19(18)25-5-2)21(24)27-15(3)20(23)22-17-9-7-8-10-17/h11-12,14-15,17H,4-10,13H2,1-3H3,(H,22,23). The molecule has 1 fully saturated rings. The van der Waals surface area contributed by atoms with Gasteiger partial charge in [-0.15, -0.1) is 0 Å². The number of ether oxygens (including phenoxy) is 3. The Balaban J connectivity index is 1.97. The van der Waals surface area contributed by atoms with Crippen LogP contribution in [0.25, 0.3) is 0 Å². The summed E-state index contributed by atoms with van der Waals surface area (Å²) < 4.78 is 16.6. The molecule has 6 nitrogen and oxygen atoms in total. The highest BCUT2D eigenvalue weighted by molar-refractivity contribution is 5.92. The number of hydrogen-bond donors (Lipinski definition) is 1. The topological polar surface area (TPSA) is 73.9 Å². The molecule has 0 saturated heterocycles. The number of amides is 1. The van der Waals surface area contributed by atoms with Crippen molar-refractivity contribution in [3.05, 3.63) is 23.8 Å². The monoisotopic (exact) mass is 377 g/mol. The minimum Gasteiger partial charge on any atom is -0.490 e. The van der Waals surface area contributed by atoms with Gasteiger partial charge in [0.1, 0.15) is 0 Å². The molecule has 0 radical (unpaired) electrons. The highest BCUT2D eigenvalue weighted by Gasteiger charge is 2.24. The molecule has 150 valence electrons. The second-order valence-corrected chi connectivity index (χ2v) is 6.83. The average Bonchev–Trinajstić information content (AvgIpc) is 3.16. The first-order valence-corrected chi connectivity index (χ1v) is 9.96. The summed E-state index contributed by atoms with van der Waals surface area (Å²) in [5, 5.41) is 2.94. The van der Waals surface area contributed by atoms with E-state index in [1.165, 1.54) is 0 Å². The third-order valence-corrected chi connectivity index (χ3v) is 4.59. The zero-order valence-corrected chi connectivity index (χ0v) is 16.6. The Morgan fingerprint density at radius 2 is 1.89 bits per heavy atom. The number of nitrogens with one attached hydrogen (secondary N) is 1. The SMILES string of the molecule is CCCCOc1ccc(C(=O)OC(C)C(=O)NC2CCCC2)cc1OCC. The maximum absolute atomic E-state index is 12.4. The van der Waals surface area contributed by atoms with Gasteiger partial charge in [-0.1, -0.05) is 26.2 Å². The van der Waals surface area contributed by atoms with Crippen LogP contribution >= 0.6 is 0 Å². The lowest BCUT2D eigenvalue weighted by atomic mass is 10.2. The van der Waals surface area contributed by atoms with Gasteiger partial charge in [0, 0.05) is 6.04 Å². The van der Waals surface area contributed by atoms with Gasteiger partial charge in [-0.25, -0.2) is 4.79 Å². The Hall–Kier alpha value is -2.24. The van der Waals surface area contributed by atoms with Crippen molar-refractivity contribution in [2.45, 2.75) is 71.4 Å². The van der Waals surface area contributed by atoms with Gasteiger partial charge in [0.2, 0.25) is 0 Å². The Labute approximate surface area is 161 Å². The van der Waals surface area contributed by atoms with E-state index < -0.39 is 12.1 Å². The van der Waals surface area contributed by atoms with Crippen molar-refractivity contribution >= 4 is 11.9 Å². The van der Waals surface area contributed by atoms with Crippen LogP contribution in [0.1, 0.15) is 69.7 Å². The molecule has 1 aliphatic carbocycles. The van der Waals surface area contributed by atoms with Crippen molar-refractivity contribution in [1.29, 1.82) is 0 Å². The van der Waals surface area contributed by atoms with Gasteiger partial charge in [0.15, 0.2) is 17.6 Å². The van der Waals surface area contributed by atoms with Crippen LogP contribution in [0.3, 0.4) is 0 Å². The van der Waals surface area contributed by atoms with E-state index in [9.17, 15) is 9.59 Å². The van der Waals surface area contributed by atoms with Crippen molar-refractivity contribution in [3.63, 3.8) is 0 Å². The van der Waals surface area contributed by atoms with Crippen LogP contribution in [0.4, 0.5) is 0 Å². The lowest BCUT2D eigenvalue weighted by molar-refractivity contribution is -0.129. The molecule has 0 heterocycles. The fraction of sp³-hybridized carbons (Fsp3) is 0.619. The normalized spacial score (nSPS) is 15.2. The lowest BCUT2D eigenvalue weighted by Crippen LogP contribution is -2.40. The van der Waals surface area contributed by atoms with Gasteiger partial charge in [-0.2, -0.15) is 0 Å². The summed E-state index contributed by atoms with van der Waals surface area (Å²) in [5.74, 6) is 0.310. The molecule has 1 amide bonds. The Bertz CT molecular complexity index is 625. The van der Waals surface area contributed by atoms with Gasteiger partial charge in [0.05, 0.1) is 18.8 Å².